The molecule has 2 heterocycles. The van der Waals surface area contributed by atoms with Gasteiger partial charge in [-0.2, -0.15) is 0 Å². The third-order valence-electron chi connectivity index (χ3n) is 2.90. The van der Waals surface area contributed by atoms with Crippen molar-refractivity contribution in [3.8, 4) is 0 Å². The Labute approximate surface area is 96.4 Å². The molecule has 2 aliphatic rings. The van der Waals surface area contributed by atoms with Crippen LogP contribution in [0.1, 0.15) is 47.0 Å². The standard InChI is InChI=1S/C7H14N3P.2C2H6/c8-11-10-5-1-2-7(10)3-4-9-6-7;2*1-2/h8-9H,1-6H2;2*1-2H3. The topological polar surface area (TPSA) is 39.1 Å². The molecule has 0 aromatic rings. The van der Waals surface area contributed by atoms with E-state index in [4.69, 9.17) is 5.16 Å². The molecular weight excluding hydrogens is 205 g/mol. The molecule has 3 nitrogen and oxygen atoms in total. The summed E-state index contributed by atoms with van der Waals surface area (Å²) in [6.45, 7) is 11.4. The first-order valence-corrected chi connectivity index (χ1v) is 7.08. The largest absolute Gasteiger partial charge is 0.315 e. The number of nitrogens with one attached hydrogen (secondary N) is 2. The van der Waals surface area contributed by atoms with Crippen molar-refractivity contribution < 1.29 is 0 Å². The van der Waals surface area contributed by atoms with Gasteiger partial charge in [0.25, 0.3) is 0 Å². The Morgan fingerprint density at radius 2 is 1.87 bits per heavy atom. The Hall–Kier alpha value is 0.0200. The summed E-state index contributed by atoms with van der Waals surface area (Å²) in [5, 5.41) is 10.8. The molecule has 1 unspecified atom stereocenters. The first-order valence-electron chi connectivity index (χ1n) is 6.23. The van der Waals surface area contributed by atoms with Gasteiger partial charge in [0, 0.05) is 18.6 Å². The minimum Gasteiger partial charge on any atom is -0.315 e. The van der Waals surface area contributed by atoms with E-state index in [2.05, 4.69) is 9.99 Å². The predicted molar refractivity (Wildman–Crippen MR) is 68.5 cm³/mol. The Balaban J connectivity index is 0.000000442. The summed E-state index contributed by atoms with van der Waals surface area (Å²) in [5.41, 5.74) is 0.378. The normalized spacial score (nSPS) is 29.6. The van der Waals surface area contributed by atoms with E-state index in [-0.39, 0.29) is 0 Å². The van der Waals surface area contributed by atoms with Crippen LogP contribution in [0.15, 0.2) is 0 Å². The van der Waals surface area contributed by atoms with Gasteiger partial charge in [-0.25, -0.2) is 4.67 Å². The Morgan fingerprint density at radius 1 is 1.20 bits per heavy atom. The van der Waals surface area contributed by atoms with Crippen molar-refractivity contribution in [1.82, 2.24) is 9.99 Å². The molecule has 0 aromatic carbocycles. The van der Waals surface area contributed by atoms with Crippen LogP contribution in [-0.4, -0.2) is 29.8 Å². The van der Waals surface area contributed by atoms with Gasteiger partial charge in [0.15, 0.2) is 0 Å². The molecule has 2 N–H and O–H groups in total. The summed E-state index contributed by atoms with van der Waals surface area (Å²) in [5.74, 6) is 0. The molecule has 4 heteroatoms. The van der Waals surface area contributed by atoms with E-state index < -0.39 is 0 Å². The van der Waals surface area contributed by atoms with Gasteiger partial charge in [-0.1, -0.05) is 27.7 Å². The molecule has 2 saturated heterocycles. The fourth-order valence-corrected chi connectivity index (χ4v) is 2.97. The first-order chi connectivity index (χ1) is 7.37. The number of hydrogen-bond donors (Lipinski definition) is 2. The molecule has 15 heavy (non-hydrogen) atoms. The summed E-state index contributed by atoms with van der Waals surface area (Å²) < 4.78 is 2.30. The van der Waals surface area contributed by atoms with Crippen molar-refractivity contribution in [1.29, 1.82) is 5.16 Å². The number of hydrogen-bond acceptors (Lipinski definition) is 2. The second kappa shape index (κ2) is 8.20. The van der Waals surface area contributed by atoms with Crippen LogP contribution in [0.5, 0.6) is 0 Å². The van der Waals surface area contributed by atoms with E-state index in [1.807, 2.05) is 27.7 Å². The molecule has 2 fully saturated rings. The molecular formula is C11H26N3P. The van der Waals surface area contributed by atoms with Crippen LogP contribution in [-0.2, 0) is 0 Å². The monoisotopic (exact) mass is 231 g/mol. The fourth-order valence-electron chi connectivity index (χ4n) is 2.24. The van der Waals surface area contributed by atoms with Crippen LogP contribution in [0, 0.1) is 5.16 Å². The van der Waals surface area contributed by atoms with E-state index in [1.54, 1.807) is 0 Å². The lowest BCUT2D eigenvalue weighted by molar-refractivity contribution is 0.284. The molecule has 2 rings (SSSR count). The first kappa shape index (κ1) is 15.0. The smallest absolute Gasteiger partial charge is 0.0908 e. The molecule has 2 aliphatic heterocycles. The van der Waals surface area contributed by atoms with Crippen molar-refractivity contribution in [3.05, 3.63) is 0 Å². The van der Waals surface area contributed by atoms with E-state index in [0.717, 1.165) is 19.6 Å². The SMILES string of the molecule is CC.CC.N=PN1CCCC12CCNC2. The Bertz CT molecular complexity index is 162. The second-order valence-corrected chi connectivity index (χ2v) is 4.16. The lowest BCUT2D eigenvalue weighted by atomic mass is 9.97. The third kappa shape index (κ3) is 3.51. The van der Waals surface area contributed by atoms with E-state index in [0.29, 0.717) is 14.1 Å². The highest BCUT2D eigenvalue weighted by Crippen LogP contribution is 2.38. The molecule has 0 amide bonds. The van der Waals surface area contributed by atoms with Crippen LogP contribution in [0.4, 0.5) is 0 Å². The fraction of sp³-hybridized carbons (Fsp3) is 1.00. The van der Waals surface area contributed by atoms with E-state index in [1.165, 1.54) is 19.3 Å². The molecule has 0 radical (unpaired) electrons. The second-order valence-electron chi connectivity index (χ2n) is 3.48. The van der Waals surface area contributed by atoms with Gasteiger partial charge in [0.1, 0.15) is 0 Å². The highest BCUT2D eigenvalue weighted by atomic mass is 31.1. The maximum atomic E-state index is 7.36. The zero-order chi connectivity index (χ0) is 11.7. The van der Waals surface area contributed by atoms with Crippen molar-refractivity contribution >= 4 is 8.52 Å². The van der Waals surface area contributed by atoms with Crippen LogP contribution >= 0.6 is 8.52 Å². The minimum absolute atomic E-state index is 0.378. The van der Waals surface area contributed by atoms with Crippen LogP contribution in [0.3, 0.4) is 0 Å². The van der Waals surface area contributed by atoms with Gasteiger partial charge >= 0.3 is 0 Å². The summed E-state index contributed by atoms with van der Waals surface area (Å²) in [6.07, 6.45) is 3.83. The summed E-state index contributed by atoms with van der Waals surface area (Å²) in [4.78, 5) is 0. The van der Waals surface area contributed by atoms with Gasteiger partial charge in [0.05, 0.1) is 8.52 Å². The van der Waals surface area contributed by atoms with Crippen molar-refractivity contribution in [3.63, 3.8) is 0 Å². The zero-order valence-corrected chi connectivity index (χ0v) is 11.5. The molecule has 90 valence electrons. The third-order valence-corrected chi connectivity index (χ3v) is 3.77. The van der Waals surface area contributed by atoms with Gasteiger partial charge in [-0.3, -0.25) is 5.16 Å². The summed E-state index contributed by atoms with van der Waals surface area (Å²) >= 11 is 0. The Morgan fingerprint density at radius 3 is 2.33 bits per heavy atom. The van der Waals surface area contributed by atoms with Crippen molar-refractivity contribution in [2.75, 3.05) is 19.6 Å². The van der Waals surface area contributed by atoms with Gasteiger partial charge in [-0.05, 0) is 25.8 Å². The lowest BCUT2D eigenvalue weighted by Crippen LogP contribution is -2.39. The van der Waals surface area contributed by atoms with Crippen LogP contribution in [0.2, 0.25) is 0 Å². The number of rotatable bonds is 1. The predicted octanol–water partition coefficient (Wildman–Crippen LogP) is 3.49. The average Bonchev–Trinajstić information content (AvgIpc) is 2.95. The van der Waals surface area contributed by atoms with Gasteiger partial charge in [-0.15, -0.1) is 0 Å². The quantitative estimate of drug-likeness (QED) is 0.678. The summed E-state index contributed by atoms with van der Waals surface area (Å²) in [6, 6.07) is 0. The molecule has 0 saturated carbocycles. The summed E-state index contributed by atoms with van der Waals surface area (Å²) in [7, 11) is 0.716. The van der Waals surface area contributed by atoms with E-state index in [9.17, 15) is 0 Å². The maximum absolute atomic E-state index is 7.36. The number of nitrogens with zero attached hydrogens (tertiary/aromatic N) is 1. The molecule has 1 spiro atoms. The molecule has 1 atom stereocenters. The van der Waals surface area contributed by atoms with Gasteiger partial charge < -0.3 is 5.32 Å². The molecule has 0 aromatic heterocycles. The zero-order valence-electron chi connectivity index (χ0n) is 10.6. The minimum atomic E-state index is 0.378. The molecule has 0 bridgehead atoms. The molecule has 0 aliphatic carbocycles. The van der Waals surface area contributed by atoms with E-state index >= 15 is 0 Å². The Kier molecular flexibility index (Phi) is 8.22. The van der Waals surface area contributed by atoms with Crippen LogP contribution in [0.25, 0.3) is 0 Å². The average molecular weight is 231 g/mol. The van der Waals surface area contributed by atoms with Crippen LogP contribution < -0.4 is 5.32 Å². The van der Waals surface area contributed by atoms with Gasteiger partial charge in [0.2, 0.25) is 0 Å². The highest BCUT2D eigenvalue weighted by molar-refractivity contribution is 7.22. The van der Waals surface area contributed by atoms with Crippen molar-refractivity contribution in [2.24, 2.45) is 0 Å². The van der Waals surface area contributed by atoms with Crippen molar-refractivity contribution in [2.45, 2.75) is 52.5 Å². The lowest BCUT2D eigenvalue weighted by Gasteiger charge is -2.29. The highest BCUT2D eigenvalue weighted by Gasteiger charge is 2.42. The maximum Gasteiger partial charge on any atom is 0.0908 e.